The second kappa shape index (κ2) is 12.9. The van der Waals surface area contributed by atoms with E-state index in [0.717, 1.165) is 48.5 Å². The van der Waals surface area contributed by atoms with Crippen LogP contribution in [0.3, 0.4) is 0 Å². The number of hydrogen-bond donors (Lipinski definition) is 2. The van der Waals surface area contributed by atoms with Crippen LogP contribution in [0.2, 0.25) is 0 Å². The van der Waals surface area contributed by atoms with Gasteiger partial charge in [0, 0.05) is 36.7 Å². The van der Waals surface area contributed by atoms with Crippen LogP contribution in [-0.2, 0) is 13.0 Å². The van der Waals surface area contributed by atoms with Gasteiger partial charge in [-0.15, -0.1) is 45.9 Å². The van der Waals surface area contributed by atoms with E-state index in [4.69, 9.17) is 0 Å². The number of benzene rings is 1. The molecule has 0 aliphatic heterocycles. The Hall–Kier alpha value is -1.36. The van der Waals surface area contributed by atoms with E-state index in [1.165, 1.54) is 12.1 Å². The summed E-state index contributed by atoms with van der Waals surface area (Å²) in [6.45, 7) is 7.11. The summed E-state index contributed by atoms with van der Waals surface area (Å²) in [5, 5.41) is 14.6. The van der Waals surface area contributed by atoms with E-state index in [1.54, 1.807) is 30.2 Å². The molecule has 0 bridgehead atoms. The van der Waals surface area contributed by atoms with E-state index >= 15 is 0 Å². The van der Waals surface area contributed by atoms with Gasteiger partial charge in [0.05, 0.1) is 6.54 Å². The number of hydrogen-bond acceptors (Lipinski definition) is 4. The van der Waals surface area contributed by atoms with Crippen molar-refractivity contribution in [1.82, 2.24) is 25.4 Å². The Morgan fingerprint density at radius 2 is 2.00 bits per heavy atom. The normalized spacial score (nSPS) is 11.1. The van der Waals surface area contributed by atoms with Gasteiger partial charge < -0.3 is 15.2 Å². The van der Waals surface area contributed by atoms with Crippen molar-refractivity contribution in [2.75, 3.05) is 25.4 Å². The number of aliphatic imine (C=N–C) groups is 1. The zero-order valence-corrected chi connectivity index (χ0v) is 18.3. The molecule has 1 heterocycles. The summed E-state index contributed by atoms with van der Waals surface area (Å²) in [4.78, 5) is 5.64. The molecule has 0 radical (unpaired) electrons. The van der Waals surface area contributed by atoms with Gasteiger partial charge in [-0.2, -0.15) is 0 Å². The Morgan fingerprint density at radius 1 is 1.23 bits per heavy atom. The van der Waals surface area contributed by atoms with Crippen LogP contribution < -0.4 is 10.6 Å². The van der Waals surface area contributed by atoms with E-state index in [9.17, 15) is 4.39 Å². The van der Waals surface area contributed by atoms with Crippen molar-refractivity contribution in [3.63, 3.8) is 0 Å². The molecular weight excluding hydrogens is 466 g/mol. The minimum Gasteiger partial charge on any atom is -0.357 e. The Balaban J connectivity index is 0.00000338. The summed E-state index contributed by atoms with van der Waals surface area (Å²) in [5.41, 5.74) is 0. The first-order chi connectivity index (χ1) is 12.2. The fourth-order valence-corrected chi connectivity index (χ4v) is 2.99. The summed E-state index contributed by atoms with van der Waals surface area (Å²) in [6.07, 6.45) is 2.61. The molecule has 6 nitrogen and oxygen atoms in total. The fraction of sp³-hybridized carbons (Fsp3) is 0.471. The van der Waals surface area contributed by atoms with Crippen LogP contribution in [0, 0.1) is 5.82 Å². The number of guanidine groups is 1. The molecule has 9 heteroatoms. The van der Waals surface area contributed by atoms with Gasteiger partial charge in [0.2, 0.25) is 0 Å². The highest BCUT2D eigenvalue weighted by Gasteiger charge is 2.02. The lowest BCUT2D eigenvalue weighted by Gasteiger charge is -2.11. The van der Waals surface area contributed by atoms with Crippen LogP contribution in [-0.4, -0.2) is 46.1 Å². The smallest absolute Gasteiger partial charge is 0.191 e. The molecule has 0 aliphatic rings. The van der Waals surface area contributed by atoms with E-state index in [0.29, 0.717) is 6.54 Å². The topological polar surface area (TPSA) is 67.1 Å². The lowest BCUT2D eigenvalue weighted by atomic mass is 10.4. The highest BCUT2D eigenvalue weighted by Crippen LogP contribution is 2.17. The van der Waals surface area contributed by atoms with Crippen molar-refractivity contribution in [2.24, 2.45) is 4.99 Å². The quantitative estimate of drug-likeness (QED) is 0.185. The lowest BCUT2D eigenvalue weighted by Crippen LogP contribution is -2.38. The Kier molecular flexibility index (Phi) is 11.3. The van der Waals surface area contributed by atoms with Crippen LogP contribution in [0.5, 0.6) is 0 Å². The van der Waals surface area contributed by atoms with Gasteiger partial charge in [0.15, 0.2) is 5.96 Å². The zero-order chi connectivity index (χ0) is 17.9. The zero-order valence-electron chi connectivity index (χ0n) is 15.1. The molecule has 144 valence electrons. The minimum atomic E-state index is -0.205. The number of nitrogens with one attached hydrogen (secondary N) is 2. The van der Waals surface area contributed by atoms with Crippen molar-refractivity contribution in [2.45, 2.75) is 31.7 Å². The summed E-state index contributed by atoms with van der Waals surface area (Å²) in [7, 11) is 0. The molecule has 2 N–H and O–H groups in total. The van der Waals surface area contributed by atoms with Crippen LogP contribution in [0.25, 0.3) is 0 Å². The highest BCUT2D eigenvalue weighted by atomic mass is 127. The molecule has 0 saturated heterocycles. The molecule has 0 unspecified atom stereocenters. The van der Waals surface area contributed by atoms with Crippen LogP contribution >= 0.6 is 35.7 Å². The fourth-order valence-electron chi connectivity index (χ4n) is 2.22. The van der Waals surface area contributed by atoms with Gasteiger partial charge in [-0.05, 0) is 31.2 Å². The Morgan fingerprint density at radius 3 is 2.69 bits per heavy atom. The van der Waals surface area contributed by atoms with Gasteiger partial charge in [0.1, 0.15) is 18.0 Å². The molecule has 2 rings (SSSR count). The number of halogens is 2. The van der Waals surface area contributed by atoms with E-state index in [-0.39, 0.29) is 29.8 Å². The molecule has 0 saturated carbocycles. The number of aromatic nitrogens is 3. The van der Waals surface area contributed by atoms with Crippen molar-refractivity contribution in [3.8, 4) is 0 Å². The number of rotatable bonds is 9. The first-order valence-electron chi connectivity index (χ1n) is 8.50. The molecule has 1 aromatic heterocycles. The first kappa shape index (κ1) is 22.7. The second-order valence-corrected chi connectivity index (χ2v) is 6.45. The minimum absolute atomic E-state index is 0. The van der Waals surface area contributed by atoms with E-state index < -0.39 is 0 Å². The summed E-state index contributed by atoms with van der Waals surface area (Å²) < 4.78 is 14.9. The highest BCUT2D eigenvalue weighted by molar-refractivity contribution is 14.0. The maximum atomic E-state index is 12.9. The average molecular weight is 492 g/mol. The number of thioether (sulfide) groups is 1. The molecular formula is C17H26FIN6S. The van der Waals surface area contributed by atoms with Crippen molar-refractivity contribution >= 4 is 41.7 Å². The summed E-state index contributed by atoms with van der Waals surface area (Å²) in [6, 6.07) is 6.56. The summed E-state index contributed by atoms with van der Waals surface area (Å²) in [5.74, 6) is 2.45. The summed E-state index contributed by atoms with van der Waals surface area (Å²) >= 11 is 1.68. The van der Waals surface area contributed by atoms with E-state index in [2.05, 4.69) is 32.7 Å². The predicted octanol–water partition coefficient (Wildman–Crippen LogP) is 2.95. The van der Waals surface area contributed by atoms with Gasteiger partial charge in [-0.3, -0.25) is 4.99 Å². The van der Waals surface area contributed by atoms with Gasteiger partial charge in [-0.25, -0.2) is 4.39 Å². The van der Waals surface area contributed by atoms with Crippen LogP contribution in [0.15, 0.2) is 40.5 Å². The molecule has 2 aromatic rings. The largest absolute Gasteiger partial charge is 0.357 e. The lowest BCUT2D eigenvalue weighted by molar-refractivity contribution is 0.626. The standard InChI is InChI=1S/C17H25FN6S.HI/c1-3-16-23-22-13-24(16)11-9-20-17(19-4-2)21-10-12-25-15-7-5-14(18)6-8-15;/h5-8,13H,3-4,9-12H2,1-2H3,(H2,19,20,21);1H. The molecule has 0 aliphatic carbocycles. The molecule has 1 aromatic carbocycles. The molecule has 0 fully saturated rings. The monoisotopic (exact) mass is 492 g/mol. The molecule has 0 atom stereocenters. The first-order valence-corrected chi connectivity index (χ1v) is 9.48. The third-order valence-corrected chi connectivity index (χ3v) is 4.46. The predicted molar refractivity (Wildman–Crippen MR) is 116 cm³/mol. The van der Waals surface area contributed by atoms with E-state index in [1.807, 2.05) is 11.5 Å². The van der Waals surface area contributed by atoms with Gasteiger partial charge in [-0.1, -0.05) is 6.92 Å². The number of nitrogens with zero attached hydrogens (tertiary/aromatic N) is 4. The maximum Gasteiger partial charge on any atom is 0.191 e. The number of aryl methyl sites for hydroxylation is 1. The average Bonchev–Trinajstić information content (AvgIpc) is 3.07. The second-order valence-electron chi connectivity index (χ2n) is 5.28. The molecule has 26 heavy (non-hydrogen) atoms. The van der Waals surface area contributed by atoms with Crippen molar-refractivity contribution in [1.29, 1.82) is 0 Å². The third-order valence-electron chi connectivity index (χ3n) is 3.44. The Bertz CT molecular complexity index is 662. The maximum absolute atomic E-state index is 12.9. The van der Waals surface area contributed by atoms with Gasteiger partial charge >= 0.3 is 0 Å². The van der Waals surface area contributed by atoms with Crippen LogP contribution in [0.4, 0.5) is 4.39 Å². The molecule has 0 amide bonds. The van der Waals surface area contributed by atoms with Gasteiger partial charge in [0.25, 0.3) is 0 Å². The molecule has 0 spiro atoms. The van der Waals surface area contributed by atoms with Crippen molar-refractivity contribution < 1.29 is 4.39 Å². The Labute approximate surface area is 175 Å². The van der Waals surface area contributed by atoms with Crippen molar-refractivity contribution in [3.05, 3.63) is 42.2 Å². The SMILES string of the molecule is CCNC(=NCCn1cnnc1CC)NCCSc1ccc(F)cc1.I. The third kappa shape index (κ3) is 7.90. The van der Waals surface area contributed by atoms with Crippen LogP contribution in [0.1, 0.15) is 19.7 Å².